The van der Waals surface area contributed by atoms with Crippen LogP contribution in [0.5, 0.6) is 0 Å². The Morgan fingerprint density at radius 2 is 1.73 bits per heavy atom. The summed E-state index contributed by atoms with van der Waals surface area (Å²) in [5.41, 5.74) is 0. The zero-order valence-electron chi connectivity index (χ0n) is 17.9. The van der Waals surface area contributed by atoms with Crippen LogP contribution >= 0.6 is 0 Å². The van der Waals surface area contributed by atoms with E-state index >= 15 is 0 Å². The third-order valence-corrected chi connectivity index (χ3v) is 5.93. The van der Waals surface area contributed by atoms with Crippen LogP contribution in [0.25, 0.3) is 0 Å². The van der Waals surface area contributed by atoms with Gasteiger partial charge < -0.3 is 54.0 Å². The van der Waals surface area contributed by atoms with Crippen LogP contribution in [0.2, 0.25) is 0 Å². The molecule has 2 aliphatic rings. The quantitative estimate of drug-likeness (QED) is 0.171. The molecule has 2 rings (SSSR count). The summed E-state index contributed by atoms with van der Waals surface area (Å²) in [7, 11) is -2.83. The van der Waals surface area contributed by atoms with Gasteiger partial charge in [-0.3, -0.25) is 8.98 Å². The lowest BCUT2D eigenvalue weighted by Crippen LogP contribution is -2.67. The Morgan fingerprint density at radius 1 is 1.09 bits per heavy atom. The van der Waals surface area contributed by atoms with Crippen LogP contribution in [-0.4, -0.2) is 116 Å². The fraction of sp³-hybridized carbons (Fsp3) is 0.882. The Labute approximate surface area is 189 Å². The molecule has 0 aromatic carbocycles. The molecule has 1 aliphatic carbocycles. The van der Waals surface area contributed by atoms with E-state index in [4.69, 9.17) is 18.9 Å². The number of carboxylic acid groups (broad SMARTS) is 1. The Balaban J connectivity index is 2.33. The average Bonchev–Trinajstić information content (AvgIpc) is 2.71. The normalized spacial score (nSPS) is 39.7. The molecule has 15 nitrogen and oxygen atoms in total. The number of nitrogens with one attached hydrogen (secondary N) is 1. The van der Waals surface area contributed by atoms with Crippen molar-refractivity contribution in [1.29, 1.82) is 0 Å². The van der Waals surface area contributed by atoms with E-state index in [9.17, 15) is 43.0 Å². The number of amides is 1. The second-order valence-electron chi connectivity index (χ2n) is 7.67. The van der Waals surface area contributed by atoms with E-state index in [0.717, 1.165) is 14.0 Å². The van der Waals surface area contributed by atoms with E-state index in [1.165, 1.54) is 7.11 Å². The van der Waals surface area contributed by atoms with Gasteiger partial charge in [0.15, 0.2) is 6.29 Å². The summed E-state index contributed by atoms with van der Waals surface area (Å²) in [5, 5.41) is 45.5. The number of hydrogen-bond donors (Lipinski definition) is 4. The minimum absolute atomic E-state index is 0.399. The summed E-state index contributed by atoms with van der Waals surface area (Å²) in [5.74, 6) is -3.56. The van der Waals surface area contributed by atoms with Crippen LogP contribution in [0.3, 0.4) is 0 Å². The Kier molecular flexibility index (Phi) is 9.51. The molecule has 0 radical (unpaired) electrons. The number of aliphatic carboxylic acids is 1. The van der Waals surface area contributed by atoms with Crippen molar-refractivity contribution < 1.29 is 66.1 Å². The van der Waals surface area contributed by atoms with Crippen molar-refractivity contribution in [3.05, 3.63) is 0 Å². The molecule has 1 saturated carbocycles. The maximum Gasteiger partial charge on any atom is 0.217 e. The molecule has 1 aliphatic heterocycles. The smallest absolute Gasteiger partial charge is 0.217 e. The van der Waals surface area contributed by atoms with E-state index in [1.807, 2.05) is 0 Å². The molecule has 2 fully saturated rings. The van der Waals surface area contributed by atoms with Crippen LogP contribution in [0.15, 0.2) is 0 Å². The number of carboxylic acids is 1. The second-order valence-corrected chi connectivity index (χ2v) is 8.72. The number of aliphatic hydroxyl groups is 3. The van der Waals surface area contributed by atoms with Gasteiger partial charge in [0.1, 0.15) is 36.6 Å². The summed E-state index contributed by atoms with van der Waals surface area (Å²) >= 11 is 0. The van der Waals surface area contributed by atoms with E-state index in [0.29, 0.717) is 0 Å². The molecule has 33 heavy (non-hydrogen) atoms. The minimum Gasteiger partial charge on any atom is -0.726 e. The summed E-state index contributed by atoms with van der Waals surface area (Å²) in [6.07, 6.45) is -12.5. The van der Waals surface area contributed by atoms with Gasteiger partial charge in [0, 0.05) is 33.0 Å². The van der Waals surface area contributed by atoms with Gasteiger partial charge in [-0.05, 0) is 6.42 Å². The second kappa shape index (κ2) is 11.3. The van der Waals surface area contributed by atoms with Gasteiger partial charge in [0.25, 0.3) is 0 Å². The molecule has 0 aromatic heterocycles. The van der Waals surface area contributed by atoms with Crippen molar-refractivity contribution >= 4 is 22.3 Å². The van der Waals surface area contributed by atoms with Gasteiger partial charge in [-0.15, -0.1) is 0 Å². The van der Waals surface area contributed by atoms with Crippen molar-refractivity contribution in [3.63, 3.8) is 0 Å². The highest BCUT2D eigenvalue weighted by Gasteiger charge is 2.51. The summed E-state index contributed by atoms with van der Waals surface area (Å²) in [4.78, 5) is 23.2. The molecule has 1 heterocycles. The highest BCUT2D eigenvalue weighted by molar-refractivity contribution is 7.80. The van der Waals surface area contributed by atoms with Gasteiger partial charge in [0.05, 0.1) is 18.8 Å². The van der Waals surface area contributed by atoms with E-state index in [1.54, 1.807) is 0 Å². The molecule has 1 amide bonds. The van der Waals surface area contributed by atoms with Gasteiger partial charge in [0.2, 0.25) is 16.3 Å². The van der Waals surface area contributed by atoms with Gasteiger partial charge in [-0.25, -0.2) is 8.42 Å². The predicted molar refractivity (Wildman–Crippen MR) is 99.5 cm³/mol. The number of carbonyl (C=O) groups is 2. The summed E-state index contributed by atoms with van der Waals surface area (Å²) in [6, 6.07) is -1.23. The molecule has 1 saturated heterocycles. The largest absolute Gasteiger partial charge is 0.726 e. The summed E-state index contributed by atoms with van der Waals surface area (Å²) < 4.78 is 57.8. The first-order valence-corrected chi connectivity index (χ1v) is 11.1. The maximum atomic E-state index is 11.7. The fourth-order valence-corrected chi connectivity index (χ4v) is 4.31. The third-order valence-electron chi connectivity index (χ3n) is 5.51. The topological polar surface area (TPSA) is 233 Å². The lowest BCUT2D eigenvalue weighted by Gasteiger charge is -2.48. The van der Waals surface area contributed by atoms with Crippen LogP contribution in [0.4, 0.5) is 0 Å². The van der Waals surface area contributed by atoms with E-state index in [-0.39, 0.29) is 0 Å². The summed E-state index contributed by atoms with van der Waals surface area (Å²) in [6.45, 7) is 0.215. The number of methoxy groups -OCH3 is 2. The lowest BCUT2D eigenvalue weighted by molar-refractivity contribution is -0.324. The molecule has 10 atom stereocenters. The van der Waals surface area contributed by atoms with Crippen molar-refractivity contribution in [2.24, 2.45) is 5.92 Å². The van der Waals surface area contributed by atoms with Gasteiger partial charge in [-0.2, -0.15) is 0 Å². The first-order chi connectivity index (χ1) is 15.3. The molecule has 4 unspecified atom stereocenters. The SMILES string of the molecule is CO[C@@H]1OC(COS(=O)(=O)[O-])[C@H](O)[C@H](O[C@@H]2CC(C(=O)[O-])[C@H](OC)[C@H](O)C2O)C1NC(C)=O. The first kappa shape index (κ1) is 27.8. The molecule has 0 aromatic rings. The number of hydrogen-bond acceptors (Lipinski definition) is 14. The highest BCUT2D eigenvalue weighted by atomic mass is 32.3. The van der Waals surface area contributed by atoms with Crippen LogP contribution in [0.1, 0.15) is 13.3 Å². The van der Waals surface area contributed by atoms with Crippen LogP contribution in [0, 0.1) is 5.92 Å². The molecular formula is C17H27NO14S-2. The van der Waals surface area contributed by atoms with Gasteiger partial charge >= 0.3 is 0 Å². The average molecular weight is 501 g/mol. The molecule has 192 valence electrons. The third kappa shape index (κ3) is 6.78. The molecule has 16 heteroatoms. The standard InChI is InChI=1S/C17H29NO14S/c1-6(19)18-10-15(12(21)9(32-17(10)29-3)5-30-33(25,26)27)31-8-4-7(16(23)24)14(28-2)13(22)11(8)20/h7-15,17,20-22H,4-5H2,1-3H3,(H,18,19)(H,23,24)(H,25,26,27)/p-2/t7?,8-,9?,10?,11?,12+,13-,14+,15-,17-/m1/s1. The van der Waals surface area contributed by atoms with E-state index in [2.05, 4.69) is 9.50 Å². The lowest BCUT2D eigenvalue weighted by atomic mass is 9.80. The van der Waals surface area contributed by atoms with Crippen molar-refractivity contribution in [2.45, 2.75) is 68.4 Å². The molecule has 0 bridgehead atoms. The number of rotatable bonds is 9. The van der Waals surface area contributed by atoms with Gasteiger partial charge in [-0.1, -0.05) is 0 Å². The molecule has 4 N–H and O–H groups in total. The van der Waals surface area contributed by atoms with Crippen LogP contribution in [-0.2, 0) is 43.1 Å². The first-order valence-electron chi connectivity index (χ1n) is 9.79. The number of carbonyl (C=O) groups excluding carboxylic acids is 2. The van der Waals surface area contributed by atoms with Crippen molar-refractivity contribution in [3.8, 4) is 0 Å². The fourth-order valence-electron chi connectivity index (χ4n) is 4.00. The highest BCUT2D eigenvalue weighted by Crippen LogP contribution is 2.33. The Morgan fingerprint density at radius 3 is 2.21 bits per heavy atom. The predicted octanol–water partition coefficient (Wildman–Crippen LogP) is -5.04. The van der Waals surface area contributed by atoms with Crippen molar-refractivity contribution in [2.75, 3.05) is 20.8 Å². The number of ether oxygens (including phenoxy) is 4. The van der Waals surface area contributed by atoms with Crippen molar-refractivity contribution in [1.82, 2.24) is 5.32 Å². The Hall–Kier alpha value is -1.47. The van der Waals surface area contributed by atoms with E-state index < -0.39 is 96.3 Å². The zero-order chi connectivity index (χ0) is 25.1. The number of aliphatic hydroxyl groups excluding tert-OH is 3. The van der Waals surface area contributed by atoms with Crippen LogP contribution < -0.4 is 10.4 Å². The Bertz CT molecular complexity index is 793. The zero-order valence-corrected chi connectivity index (χ0v) is 18.7. The minimum atomic E-state index is -5.14. The monoisotopic (exact) mass is 501 g/mol. The molecule has 0 spiro atoms. The maximum absolute atomic E-state index is 11.7. The molecular weight excluding hydrogens is 474 g/mol.